The highest BCUT2D eigenvalue weighted by Crippen LogP contribution is 2.30. The van der Waals surface area contributed by atoms with Crippen molar-refractivity contribution in [2.75, 3.05) is 23.3 Å². The van der Waals surface area contributed by atoms with Gasteiger partial charge in [-0.2, -0.15) is 0 Å². The van der Waals surface area contributed by atoms with Crippen LogP contribution in [-0.4, -0.2) is 29.9 Å². The Morgan fingerprint density at radius 3 is 2.41 bits per heavy atom. The zero-order chi connectivity index (χ0) is 18.6. The predicted molar refractivity (Wildman–Crippen MR) is 105 cm³/mol. The fraction of sp³-hybridized carbons (Fsp3) is 0.381. The van der Waals surface area contributed by atoms with Crippen molar-refractivity contribution >= 4 is 23.3 Å². The topological polar surface area (TPSA) is 74.3 Å². The van der Waals surface area contributed by atoms with Crippen LogP contribution in [0.3, 0.4) is 0 Å². The van der Waals surface area contributed by atoms with Crippen molar-refractivity contribution in [3.8, 4) is 0 Å². The molecule has 2 heterocycles. The van der Waals surface area contributed by atoms with Crippen LogP contribution in [0.5, 0.6) is 0 Å². The number of hydrogen-bond donors (Lipinski definition) is 2. The van der Waals surface area contributed by atoms with E-state index in [-0.39, 0.29) is 17.7 Å². The van der Waals surface area contributed by atoms with Gasteiger partial charge in [0, 0.05) is 43.0 Å². The highest BCUT2D eigenvalue weighted by molar-refractivity contribution is 5.96. The molecule has 0 unspecified atom stereocenters. The van der Waals surface area contributed by atoms with Crippen molar-refractivity contribution < 1.29 is 9.59 Å². The number of amides is 2. The maximum absolute atomic E-state index is 12.3. The molecule has 0 bridgehead atoms. The molecule has 140 valence electrons. The van der Waals surface area contributed by atoms with E-state index in [1.807, 2.05) is 18.3 Å². The van der Waals surface area contributed by atoms with Gasteiger partial charge in [-0.25, -0.2) is 4.98 Å². The van der Waals surface area contributed by atoms with E-state index in [4.69, 9.17) is 0 Å². The summed E-state index contributed by atoms with van der Waals surface area (Å²) in [4.78, 5) is 30.9. The largest absolute Gasteiger partial charge is 0.357 e. The predicted octanol–water partition coefficient (Wildman–Crippen LogP) is 2.96. The van der Waals surface area contributed by atoms with Gasteiger partial charge in [0.15, 0.2) is 0 Å². The fourth-order valence-electron chi connectivity index (χ4n) is 3.23. The van der Waals surface area contributed by atoms with Crippen LogP contribution < -0.4 is 15.5 Å². The Kier molecular flexibility index (Phi) is 5.05. The molecule has 1 aromatic heterocycles. The van der Waals surface area contributed by atoms with Crippen LogP contribution in [-0.2, 0) is 11.3 Å². The van der Waals surface area contributed by atoms with Gasteiger partial charge in [0.25, 0.3) is 5.91 Å². The van der Waals surface area contributed by atoms with E-state index in [9.17, 15) is 9.59 Å². The molecule has 0 atom stereocenters. The molecule has 0 radical (unpaired) electrons. The molecule has 1 aromatic carbocycles. The molecule has 6 nitrogen and oxygen atoms in total. The Balaban J connectivity index is 1.28. The number of hydrogen-bond acceptors (Lipinski definition) is 4. The number of carbonyl (C=O) groups excluding carboxylic acids is 2. The van der Waals surface area contributed by atoms with Crippen LogP contribution in [0.15, 0.2) is 42.6 Å². The summed E-state index contributed by atoms with van der Waals surface area (Å²) in [5.41, 5.74) is 2.27. The Bertz CT molecular complexity index is 807. The van der Waals surface area contributed by atoms with E-state index in [1.165, 1.54) is 12.8 Å². The van der Waals surface area contributed by atoms with Crippen LogP contribution in [0.25, 0.3) is 0 Å². The normalized spacial score (nSPS) is 16.2. The summed E-state index contributed by atoms with van der Waals surface area (Å²) in [5, 5.41) is 5.79. The van der Waals surface area contributed by atoms with Gasteiger partial charge in [0.05, 0.1) is 0 Å². The molecule has 1 saturated carbocycles. The molecule has 2 amide bonds. The first kappa shape index (κ1) is 17.5. The van der Waals surface area contributed by atoms with E-state index in [0.29, 0.717) is 12.1 Å². The minimum absolute atomic E-state index is 0.0667. The lowest BCUT2D eigenvalue weighted by atomic mass is 10.2. The zero-order valence-corrected chi connectivity index (χ0v) is 15.3. The minimum Gasteiger partial charge on any atom is -0.357 e. The lowest BCUT2D eigenvalue weighted by Crippen LogP contribution is -2.23. The van der Waals surface area contributed by atoms with Crippen LogP contribution in [0, 0.1) is 5.92 Å². The quantitative estimate of drug-likeness (QED) is 0.826. The molecule has 1 aliphatic carbocycles. The Labute approximate surface area is 159 Å². The maximum Gasteiger partial charge on any atom is 0.251 e. The summed E-state index contributed by atoms with van der Waals surface area (Å²) in [6.45, 7) is 2.58. The summed E-state index contributed by atoms with van der Waals surface area (Å²) in [7, 11) is 0. The molecule has 2 aromatic rings. The van der Waals surface area contributed by atoms with Crippen LogP contribution >= 0.6 is 0 Å². The molecule has 2 aliphatic rings. The van der Waals surface area contributed by atoms with Crippen molar-refractivity contribution in [3.05, 3.63) is 53.7 Å². The van der Waals surface area contributed by atoms with Crippen LogP contribution in [0.1, 0.15) is 41.6 Å². The molecular formula is C21H24N4O2. The van der Waals surface area contributed by atoms with Crippen molar-refractivity contribution in [3.63, 3.8) is 0 Å². The third-order valence-corrected chi connectivity index (χ3v) is 5.06. The lowest BCUT2D eigenvalue weighted by Gasteiger charge is -2.16. The first-order valence-corrected chi connectivity index (χ1v) is 9.58. The maximum atomic E-state index is 12.3. The molecule has 1 aliphatic heterocycles. The number of nitrogens with zero attached hydrogens (tertiary/aromatic N) is 2. The summed E-state index contributed by atoms with van der Waals surface area (Å²) < 4.78 is 0. The number of aromatic nitrogens is 1. The van der Waals surface area contributed by atoms with Gasteiger partial charge in [-0.05, 0) is 61.6 Å². The Morgan fingerprint density at radius 1 is 1.04 bits per heavy atom. The van der Waals surface area contributed by atoms with E-state index < -0.39 is 0 Å². The van der Waals surface area contributed by atoms with Crippen molar-refractivity contribution in [2.45, 2.75) is 32.2 Å². The fourth-order valence-corrected chi connectivity index (χ4v) is 3.23. The van der Waals surface area contributed by atoms with Crippen LogP contribution in [0.4, 0.5) is 11.5 Å². The van der Waals surface area contributed by atoms with E-state index in [1.54, 1.807) is 24.3 Å². The molecule has 4 rings (SSSR count). The van der Waals surface area contributed by atoms with Gasteiger partial charge in [0.1, 0.15) is 5.82 Å². The molecule has 1 saturated heterocycles. The molecule has 27 heavy (non-hydrogen) atoms. The first-order chi connectivity index (χ1) is 13.2. The standard InChI is InChI=1S/C21H24N4O2/c26-20(16-6-8-18(9-7-16)24-21(27)17-4-5-17)23-14-15-3-10-19(22-13-15)25-11-1-2-12-25/h3,6-10,13,17H,1-2,4-5,11-12,14H2,(H,23,26)(H,24,27). The van der Waals surface area contributed by atoms with E-state index in [2.05, 4.69) is 20.5 Å². The Morgan fingerprint density at radius 2 is 1.78 bits per heavy atom. The summed E-state index contributed by atoms with van der Waals surface area (Å²) in [5.74, 6) is 1.10. The number of nitrogens with one attached hydrogen (secondary N) is 2. The number of rotatable bonds is 6. The highest BCUT2D eigenvalue weighted by atomic mass is 16.2. The third-order valence-electron chi connectivity index (χ3n) is 5.06. The second-order valence-corrected chi connectivity index (χ2v) is 7.24. The average Bonchev–Trinajstić information content (AvgIpc) is 3.42. The van der Waals surface area contributed by atoms with E-state index >= 15 is 0 Å². The van der Waals surface area contributed by atoms with Crippen molar-refractivity contribution in [1.82, 2.24) is 10.3 Å². The molecule has 2 N–H and O–H groups in total. The van der Waals surface area contributed by atoms with E-state index in [0.717, 1.165) is 43.0 Å². The van der Waals surface area contributed by atoms with Gasteiger partial charge in [0.2, 0.25) is 5.91 Å². The average molecular weight is 364 g/mol. The SMILES string of the molecule is O=C(NCc1ccc(N2CCCC2)nc1)c1ccc(NC(=O)C2CC2)cc1. The molecule has 2 fully saturated rings. The van der Waals surface area contributed by atoms with Gasteiger partial charge >= 0.3 is 0 Å². The van der Waals surface area contributed by atoms with Crippen molar-refractivity contribution in [2.24, 2.45) is 5.92 Å². The summed E-state index contributed by atoms with van der Waals surface area (Å²) in [6.07, 6.45) is 6.22. The second kappa shape index (κ2) is 7.78. The van der Waals surface area contributed by atoms with Crippen LogP contribution in [0.2, 0.25) is 0 Å². The molecular weight excluding hydrogens is 340 g/mol. The molecule has 6 heteroatoms. The number of anilines is 2. The van der Waals surface area contributed by atoms with Gasteiger partial charge in [-0.3, -0.25) is 9.59 Å². The first-order valence-electron chi connectivity index (χ1n) is 9.58. The van der Waals surface area contributed by atoms with Crippen molar-refractivity contribution in [1.29, 1.82) is 0 Å². The van der Waals surface area contributed by atoms with Gasteiger partial charge in [-0.1, -0.05) is 6.07 Å². The summed E-state index contributed by atoms with van der Waals surface area (Å²) >= 11 is 0. The van der Waals surface area contributed by atoms with Gasteiger partial charge in [-0.15, -0.1) is 0 Å². The summed E-state index contributed by atoms with van der Waals surface area (Å²) in [6, 6.07) is 11.0. The Hall–Kier alpha value is -2.89. The third kappa shape index (κ3) is 4.45. The second-order valence-electron chi connectivity index (χ2n) is 7.24. The molecule has 0 spiro atoms. The monoisotopic (exact) mass is 364 g/mol. The minimum atomic E-state index is -0.140. The zero-order valence-electron chi connectivity index (χ0n) is 15.3. The van der Waals surface area contributed by atoms with Gasteiger partial charge < -0.3 is 15.5 Å². The lowest BCUT2D eigenvalue weighted by molar-refractivity contribution is -0.117. The smallest absolute Gasteiger partial charge is 0.251 e. The highest BCUT2D eigenvalue weighted by Gasteiger charge is 2.29. The number of pyridine rings is 1. The number of carbonyl (C=O) groups is 2. The number of benzene rings is 1.